The number of fused-ring (bicyclic) bond motifs is 4. The normalized spacial score (nSPS) is 29.8. The van der Waals surface area contributed by atoms with Gasteiger partial charge >= 0.3 is 0 Å². The first-order valence-electron chi connectivity index (χ1n) is 9.17. The van der Waals surface area contributed by atoms with Crippen LogP contribution in [-0.4, -0.2) is 41.2 Å². The average molecular weight is 405 g/mol. The smallest absolute Gasteiger partial charge is 0.119 e. The van der Waals surface area contributed by atoms with Gasteiger partial charge in [-0.2, -0.15) is 0 Å². The molecule has 0 spiro atoms. The standard InChI is InChI=1S/C20H25BrN2O2/c1-3-12-11-23-7-6-13(12)8-18(23)20(24)16-10-19(21)22-17-5-4-14(25-2)9-15(16)17/h4-5,9-10,12-13,18,20,24H,3,6-8,11H2,1-2H3/t12-,13?,18-,20+/m0/s1. The highest BCUT2D eigenvalue weighted by atomic mass is 79.9. The monoisotopic (exact) mass is 404 g/mol. The molecule has 1 N–H and O–H groups in total. The van der Waals surface area contributed by atoms with E-state index in [1.165, 1.54) is 12.8 Å². The minimum atomic E-state index is -0.505. The van der Waals surface area contributed by atoms with Crippen LogP contribution in [0.25, 0.3) is 10.9 Å². The van der Waals surface area contributed by atoms with Gasteiger partial charge in [-0.05, 0) is 77.0 Å². The molecule has 5 heteroatoms. The maximum atomic E-state index is 11.3. The Kier molecular flexibility index (Phi) is 4.73. The Labute approximate surface area is 157 Å². The van der Waals surface area contributed by atoms with Crippen molar-refractivity contribution in [2.75, 3.05) is 20.2 Å². The zero-order valence-electron chi connectivity index (χ0n) is 14.8. The van der Waals surface area contributed by atoms with E-state index in [-0.39, 0.29) is 6.04 Å². The topological polar surface area (TPSA) is 45.6 Å². The molecule has 1 aromatic carbocycles. The average Bonchev–Trinajstić information content (AvgIpc) is 2.66. The highest BCUT2D eigenvalue weighted by Crippen LogP contribution is 2.43. The van der Waals surface area contributed by atoms with Crippen molar-refractivity contribution in [1.82, 2.24) is 9.88 Å². The zero-order chi connectivity index (χ0) is 17.6. The van der Waals surface area contributed by atoms with Gasteiger partial charge in [0, 0.05) is 18.0 Å². The number of hydrogen-bond acceptors (Lipinski definition) is 4. The Bertz CT molecular complexity index is 782. The van der Waals surface area contributed by atoms with Crippen LogP contribution in [0, 0.1) is 11.8 Å². The third-order valence-electron chi connectivity index (χ3n) is 6.16. The van der Waals surface area contributed by atoms with Crippen LogP contribution in [0.1, 0.15) is 37.9 Å². The van der Waals surface area contributed by atoms with Gasteiger partial charge in [0.1, 0.15) is 10.4 Å². The van der Waals surface area contributed by atoms with Gasteiger partial charge < -0.3 is 9.84 Å². The first kappa shape index (κ1) is 17.3. The van der Waals surface area contributed by atoms with Gasteiger partial charge in [-0.25, -0.2) is 4.98 Å². The molecule has 2 bridgehead atoms. The van der Waals surface area contributed by atoms with E-state index in [1.807, 2.05) is 24.3 Å². The van der Waals surface area contributed by atoms with E-state index in [2.05, 4.69) is 32.7 Å². The van der Waals surface area contributed by atoms with Crippen LogP contribution >= 0.6 is 15.9 Å². The SMILES string of the molecule is CC[C@H]1CN2CCC1C[C@H]2[C@H](O)c1cc(Br)nc2ccc(OC)cc12. The fourth-order valence-corrected chi connectivity index (χ4v) is 5.18. The molecule has 4 nitrogen and oxygen atoms in total. The van der Waals surface area contributed by atoms with Crippen LogP contribution in [0.3, 0.4) is 0 Å². The number of aliphatic hydroxyl groups is 1. The van der Waals surface area contributed by atoms with Crippen LogP contribution in [-0.2, 0) is 0 Å². The summed E-state index contributed by atoms with van der Waals surface area (Å²) >= 11 is 3.51. The lowest BCUT2D eigenvalue weighted by Gasteiger charge is -2.51. The Morgan fingerprint density at radius 2 is 2.24 bits per heavy atom. The Balaban J connectivity index is 1.71. The molecule has 3 aliphatic heterocycles. The van der Waals surface area contributed by atoms with Crippen molar-refractivity contribution in [3.05, 3.63) is 34.4 Å². The van der Waals surface area contributed by atoms with Crippen molar-refractivity contribution in [2.24, 2.45) is 11.8 Å². The summed E-state index contributed by atoms with van der Waals surface area (Å²) in [4.78, 5) is 7.05. The molecule has 2 unspecified atom stereocenters. The number of pyridine rings is 1. The molecule has 0 amide bonds. The molecule has 4 heterocycles. The van der Waals surface area contributed by atoms with Crippen molar-refractivity contribution in [3.8, 4) is 5.75 Å². The summed E-state index contributed by atoms with van der Waals surface area (Å²) < 4.78 is 6.14. The van der Waals surface area contributed by atoms with Gasteiger partial charge in [-0.1, -0.05) is 13.3 Å². The second kappa shape index (κ2) is 6.86. The Morgan fingerprint density at radius 1 is 1.40 bits per heavy atom. The third-order valence-corrected chi connectivity index (χ3v) is 6.57. The van der Waals surface area contributed by atoms with Gasteiger partial charge in [0.25, 0.3) is 0 Å². The summed E-state index contributed by atoms with van der Waals surface area (Å²) in [5.41, 5.74) is 1.83. The zero-order valence-corrected chi connectivity index (χ0v) is 16.4. The number of aromatic nitrogens is 1. The summed E-state index contributed by atoms with van der Waals surface area (Å²) in [6.07, 6.45) is 3.10. The molecule has 3 aliphatic rings. The van der Waals surface area contributed by atoms with Crippen molar-refractivity contribution in [3.63, 3.8) is 0 Å². The van der Waals surface area contributed by atoms with Gasteiger partial charge in [-0.15, -0.1) is 0 Å². The highest BCUT2D eigenvalue weighted by molar-refractivity contribution is 9.10. The van der Waals surface area contributed by atoms with Crippen molar-refractivity contribution < 1.29 is 9.84 Å². The van der Waals surface area contributed by atoms with Crippen LogP contribution in [0.4, 0.5) is 0 Å². The van der Waals surface area contributed by atoms with Gasteiger partial charge in [0.15, 0.2) is 0 Å². The number of rotatable bonds is 4. The number of aliphatic hydroxyl groups excluding tert-OH is 1. The molecule has 1 aromatic heterocycles. The Morgan fingerprint density at radius 3 is 2.92 bits per heavy atom. The fourth-order valence-electron chi connectivity index (χ4n) is 4.75. The number of ether oxygens (including phenoxy) is 1. The predicted octanol–water partition coefficient (Wildman–Crippen LogP) is 4.16. The lowest BCUT2D eigenvalue weighted by atomic mass is 9.72. The fraction of sp³-hybridized carbons (Fsp3) is 0.550. The quantitative estimate of drug-likeness (QED) is 0.776. The summed E-state index contributed by atoms with van der Waals surface area (Å²) in [5, 5.41) is 12.3. The van der Waals surface area contributed by atoms with E-state index in [0.29, 0.717) is 0 Å². The van der Waals surface area contributed by atoms with E-state index < -0.39 is 6.10 Å². The molecular formula is C20H25BrN2O2. The number of halogens is 1. The lowest BCUT2D eigenvalue weighted by Crippen LogP contribution is -2.55. The van der Waals surface area contributed by atoms with Crippen LogP contribution in [0.2, 0.25) is 0 Å². The van der Waals surface area contributed by atoms with E-state index in [1.54, 1.807) is 7.11 Å². The molecule has 5 atom stereocenters. The summed E-state index contributed by atoms with van der Waals surface area (Å²) in [7, 11) is 1.67. The largest absolute Gasteiger partial charge is 0.497 e. The summed E-state index contributed by atoms with van der Waals surface area (Å²) in [5.74, 6) is 2.33. The van der Waals surface area contributed by atoms with E-state index in [9.17, 15) is 5.11 Å². The molecule has 3 fully saturated rings. The number of methoxy groups -OCH3 is 1. The molecule has 0 aliphatic carbocycles. The van der Waals surface area contributed by atoms with Gasteiger partial charge in [0.2, 0.25) is 0 Å². The maximum absolute atomic E-state index is 11.3. The Hall–Kier alpha value is -1.17. The second-order valence-electron chi connectivity index (χ2n) is 7.38. The van der Waals surface area contributed by atoms with Gasteiger partial charge in [0.05, 0.1) is 18.7 Å². The second-order valence-corrected chi connectivity index (χ2v) is 8.19. The first-order valence-corrected chi connectivity index (χ1v) is 9.96. The minimum absolute atomic E-state index is 0.199. The van der Waals surface area contributed by atoms with Crippen LogP contribution in [0.5, 0.6) is 5.75 Å². The molecule has 5 rings (SSSR count). The molecule has 2 aromatic rings. The summed E-state index contributed by atoms with van der Waals surface area (Å²) in [6.45, 7) is 4.52. The minimum Gasteiger partial charge on any atom is -0.497 e. The molecule has 0 radical (unpaired) electrons. The molecular weight excluding hydrogens is 380 g/mol. The molecule has 3 saturated heterocycles. The number of hydrogen-bond donors (Lipinski definition) is 1. The number of nitrogens with zero attached hydrogens (tertiary/aromatic N) is 2. The lowest BCUT2D eigenvalue weighted by molar-refractivity contribution is -0.0562. The molecule has 0 saturated carbocycles. The van der Waals surface area contributed by atoms with Crippen LogP contribution < -0.4 is 4.74 Å². The van der Waals surface area contributed by atoms with Crippen molar-refractivity contribution >= 4 is 26.8 Å². The first-order chi connectivity index (χ1) is 12.1. The van der Waals surface area contributed by atoms with E-state index in [0.717, 1.165) is 58.2 Å². The van der Waals surface area contributed by atoms with Crippen molar-refractivity contribution in [2.45, 2.75) is 38.3 Å². The summed E-state index contributed by atoms with van der Waals surface area (Å²) in [6, 6.07) is 8.02. The van der Waals surface area contributed by atoms with Gasteiger partial charge in [-0.3, -0.25) is 4.90 Å². The predicted molar refractivity (Wildman–Crippen MR) is 103 cm³/mol. The van der Waals surface area contributed by atoms with Crippen molar-refractivity contribution in [1.29, 1.82) is 0 Å². The van der Waals surface area contributed by atoms with E-state index >= 15 is 0 Å². The van der Waals surface area contributed by atoms with Crippen LogP contribution in [0.15, 0.2) is 28.9 Å². The number of benzene rings is 1. The number of piperidine rings is 3. The molecule has 134 valence electrons. The molecule has 25 heavy (non-hydrogen) atoms. The highest BCUT2D eigenvalue weighted by Gasteiger charge is 2.42. The van der Waals surface area contributed by atoms with E-state index in [4.69, 9.17) is 4.74 Å². The maximum Gasteiger partial charge on any atom is 0.119 e. The third kappa shape index (κ3) is 3.07.